The van der Waals surface area contributed by atoms with E-state index < -0.39 is 28.3 Å². The molecule has 7 nitrogen and oxygen atoms in total. The summed E-state index contributed by atoms with van der Waals surface area (Å²) in [5, 5.41) is 16.7. The third-order valence-corrected chi connectivity index (χ3v) is 3.91. The van der Waals surface area contributed by atoms with E-state index in [0.29, 0.717) is 25.1 Å². The molecule has 2 rings (SSSR count). The van der Waals surface area contributed by atoms with Gasteiger partial charge in [0.05, 0.1) is 10.5 Å². The summed E-state index contributed by atoms with van der Waals surface area (Å²) < 4.78 is 38.0. The lowest BCUT2D eigenvalue weighted by molar-refractivity contribution is -0.385. The summed E-state index contributed by atoms with van der Waals surface area (Å²) in [5.41, 5.74) is -2.39. The Balaban J connectivity index is 0.00000338. The van der Waals surface area contributed by atoms with Gasteiger partial charge in [-0.15, -0.1) is 12.4 Å². The maximum atomic E-state index is 12.7. The Bertz CT molecular complexity index is 637. The number of hydrogen-bond donors (Lipinski definition) is 2. The van der Waals surface area contributed by atoms with Gasteiger partial charge >= 0.3 is 6.18 Å². The van der Waals surface area contributed by atoms with Crippen molar-refractivity contribution in [2.24, 2.45) is 0 Å². The van der Waals surface area contributed by atoms with Gasteiger partial charge in [-0.05, 0) is 25.1 Å². The maximum absolute atomic E-state index is 12.7. The van der Waals surface area contributed by atoms with Crippen molar-refractivity contribution in [3.8, 4) is 0 Å². The van der Waals surface area contributed by atoms with Gasteiger partial charge in [-0.1, -0.05) is 0 Å². The predicted octanol–water partition coefficient (Wildman–Crippen LogP) is 2.06. The second-order valence-corrected chi connectivity index (χ2v) is 5.69. The van der Waals surface area contributed by atoms with E-state index in [1.165, 1.54) is 0 Å². The van der Waals surface area contributed by atoms with Gasteiger partial charge in [0.2, 0.25) is 0 Å². The molecule has 1 aromatic rings. The fraction of sp³-hybridized carbons (Fsp3) is 0.533. The summed E-state index contributed by atoms with van der Waals surface area (Å²) in [6.45, 7) is 4.71. The van der Waals surface area contributed by atoms with Gasteiger partial charge in [0, 0.05) is 38.8 Å². The number of carbonyl (C=O) groups is 1. The molecular formula is C15H20ClF3N4O3. The highest BCUT2D eigenvalue weighted by Crippen LogP contribution is 2.32. The number of carbonyl (C=O) groups excluding carboxylic acids is 1. The molecule has 1 aliphatic rings. The molecule has 0 unspecified atom stereocenters. The van der Waals surface area contributed by atoms with Gasteiger partial charge in [0.15, 0.2) is 0 Å². The van der Waals surface area contributed by atoms with Crippen LogP contribution in [-0.4, -0.2) is 55.0 Å². The van der Waals surface area contributed by atoms with Gasteiger partial charge in [0.25, 0.3) is 11.6 Å². The molecule has 0 radical (unpaired) electrons. The Morgan fingerprint density at radius 3 is 2.54 bits per heavy atom. The third-order valence-electron chi connectivity index (χ3n) is 3.91. The maximum Gasteiger partial charge on any atom is 0.416 e. The Labute approximate surface area is 154 Å². The number of nitro benzene ring substituents is 1. The molecule has 1 aromatic carbocycles. The van der Waals surface area contributed by atoms with Crippen molar-refractivity contribution in [3.63, 3.8) is 0 Å². The lowest BCUT2D eigenvalue weighted by atomic mass is 10.1. The minimum absolute atomic E-state index is 0. The zero-order valence-electron chi connectivity index (χ0n) is 13.8. The summed E-state index contributed by atoms with van der Waals surface area (Å²) in [6, 6.07) is 1.89. The first-order chi connectivity index (χ1) is 11.8. The fourth-order valence-corrected chi connectivity index (χ4v) is 2.59. The summed E-state index contributed by atoms with van der Waals surface area (Å²) in [4.78, 5) is 24.3. The number of piperazine rings is 1. The van der Waals surface area contributed by atoms with Crippen LogP contribution in [0.15, 0.2) is 18.2 Å². The summed E-state index contributed by atoms with van der Waals surface area (Å²) >= 11 is 0. The average Bonchev–Trinajstić information content (AvgIpc) is 2.58. The Morgan fingerprint density at radius 2 is 1.96 bits per heavy atom. The monoisotopic (exact) mass is 396 g/mol. The summed E-state index contributed by atoms with van der Waals surface area (Å²) in [6.07, 6.45) is -4.05. The molecule has 0 spiro atoms. The number of nitrogens with zero attached hydrogens (tertiary/aromatic N) is 2. The molecule has 146 valence electrons. The molecule has 1 fully saturated rings. The van der Waals surface area contributed by atoms with Crippen molar-refractivity contribution < 1.29 is 22.9 Å². The first kappa shape index (κ1) is 22.1. The Morgan fingerprint density at radius 1 is 1.31 bits per heavy atom. The quantitative estimate of drug-likeness (QED) is 0.436. The van der Waals surface area contributed by atoms with Gasteiger partial charge in [-0.25, -0.2) is 0 Å². The van der Waals surface area contributed by atoms with E-state index >= 15 is 0 Å². The largest absolute Gasteiger partial charge is 0.416 e. The van der Waals surface area contributed by atoms with Gasteiger partial charge in [0.1, 0.15) is 5.56 Å². The zero-order valence-corrected chi connectivity index (χ0v) is 14.7. The van der Waals surface area contributed by atoms with Gasteiger partial charge < -0.3 is 15.5 Å². The molecule has 1 saturated heterocycles. The van der Waals surface area contributed by atoms with Crippen LogP contribution >= 0.6 is 12.4 Å². The fourth-order valence-electron chi connectivity index (χ4n) is 2.59. The normalized spacial score (nSPS) is 15.2. The molecule has 0 atom stereocenters. The van der Waals surface area contributed by atoms with Crippen molar-refractivity contribution in [1.82, 2.24) is 15.5 Å². The van der Waals surface area contributed by atoms with Crippen molar-refractivity contribution >= 4 is 24.0 Å². The minimum Gasteiger partial charge on any atom is -0.352 e. The SMILES string of the molecule is Cl.O=C(NCCCN1CCNCC1)c1ccc(C(F)(F)F)cc1[N+](=O)[O-]. The minimum atomic E-state index is -4.71. The van der Waals surface area contributed by atoms with Gasteiger partial charge in [-0.3, -0.25) is 14.9 Å². The molecule has 1 aliphatic heterocycles. The molecule has 0 bridgehead atoms. The zero-order chi connectivity index (χ0) is 18.4. The molecule has 0 aliphatic carbocycles. The first-order valence-corrected chi connectivity index (χ1v) is 7.86. The molecule has 1 heterocycles. The number of alkyl halides is 3. The lowest BCUT2D eigenvalue weighted by Crippen LogP contribution is -2.44. The van der Waals surface area contributed by atoms with E-state index in [0.717, 1.165) is 38.8 Å². The van der Waals surface area contributed by atoms with E-state index in [2.05, 4.69) is 15.5 Å². The highest BCUT2D eigenvalue weighted by atomic mass is 35.5. The molecular weight excluding hydrogens is 377 g/mol. The van der Waals surface area contributed by atoms with E-state index in [1.807, 2.05) is 0 Å². The summed E-state index contributed by atoms with van der Waals surface area (Å²) in [5.74, 6) is -0.749. The first-order valence-electron chi connectivity index (χ1n) is 7.86. The summed E-state index contributed by atoms with van der Waals surface area (Å²) in [7, 11) is 0. The molecule has 1 amide bonds. The number of nitro groups is 1. The molecule has 0 aromatic heterocycles. The van der Waals surface area contributed by atoms with Crippen LogP contribution in [0.5, 0.6) is 0 Å². The predicted molar refractivity (Wildman–Crippen MR) is 91.6 cm³/mol. The van der Waals surface area contributed by atoms with Crippen LogP contribution in [0.25, 0.3) is 0 Å². The highest BCUT2D eigenvalue weighted by molar-refractivity contribution is 5.98. The number of amides is 1. The molecule has 0 saturated carbocycles. The van der Waals surface area contributed by atoms with Crippen LogP contribution in [0.1, 0.15) is 22.3 Å². The second-order valence-electron chi connectivity index (χ2n) is 5.69. The molecule has 2 N–H and O–H groups in total. The van der Waals surface area contributed by atoms with Crippen LogP contribution in [-0.2, 0) is 6.18 Å². The van der Waals surface area contributed by atoms with Crippen LogP contribution in [0, 0.1) is 10.1 Å². The van der Waals surface area contributed by atoms with E-state index in [4.69, 9.17) is 0 Å². The molecule has 26 heavy (non-hydrogen) atoms. The number of hydrogen-bond acceptors (Lipinski definition) is 5. The van der Waals surface area contributed by atoms with Crippen LogP contribution in [0.3, 0.4) is 0 Å². The molecule has 11 heteroatoms. The number of rotatable bonds is 6. The third kappa shape index (κ3) is 6.11. The van der Waals surface area contributed by atoms with Gasteiger partial charge in [-0.2, -0.15) is 13.2 Å². The standard InChI is InChI=1S/C15H19F3N4O3.ClH/c16-15(17,18)11-2-3-12(13(10-11)22(24)25)14(23)20-4-1-7-21-8-5-19-6-9-21;/h2-3,10,19H,1,4-9H2,(H,20,23);1H. The van der Waals surface area contributed by atoms with Crippen molar-refractivity contribution in [2.45, 2.75) is 12.6 Å². The average molecular weight is 397 g/mol. The van der Waals surface area contributed by atoms with Crippen LogP contribution < -0.4 is 10.6 Å². The van der Waals surface area contributed by atoms with E-state index in [-0.39, 0.29) is 18.0 Å². The highest BCUT2D eigenvalue weighted by Gasteiger charge is 2.33. The lowest BCUT2D eigenvalue weighted by Gasteiger charge is -2.27. The number of halogens is 4. The van der Waals surface area contributed by atoms with Crippen LogP contribution in [0.2, 0.25) is 0 Å². The number of nitrogens with one attached hydrogen (secondary N) is 2. The Kier molecular flexibility index (Phi) is 8.25. The second kappa shape index (κ2) is 9.70. The van der Waals surface area contributed by atoms with E-state index in [1.54, 1.807) is 0 Å². The topological polar surface area (TPSA) is 87.5 Å². The smallest absolute Gasteiger partial charge is 0.352 e. The van der Waals surface area contributed by atoms with Crippen LogP contribution in [0.4, 0.5) is 18.9 Å². The van der Waals surface area contributed by atoms with Crippen molar-refractivity contribution in [1.29, 1.82) is 0 Å². The Hall–Kier alpha value is -1.91. The van der Waals surface area contributed by atoms with Crippen molar-refractivity contribution in [2.75, 3.05) is 39.3 Å². The van der Waals surface area contributed by atoms with E-state index in [9.17, 15) is 28.1 Å². The number of benzene rings is 1. The van der Waals surface area contributed by atoms with Crippen molar-refractivity contribution in [3.05, 3.63) is 39.4 Å².